The van der Waals surface area contributed by atoms with E-state index in [1.165, 1.54) is 58.9 Å². The second-order valence-electron chi connectivity index (χ2n) is 6.57. The van der Waals surface area contributed by atoms with Gasteiger partial charge in [0, 0.05) is 6.07 Å². The van der Waals surface area contributed by atoms with Gasteiger partial charge in [0.2, 0.25) is 10.0 Å². The van der Waals surface area contributed by atoms with Gasteiger partial charge in [-0.3, -0.25) is 9.10 Å². The normalized spacial score (nSPS) is 11.0. The van der Waals surface area contributed by atoms with Gasteiger partial charge in [-0.2, -0.15) is 5.10 Å². The van der Waals surface area contributed by atoms with Gasteiger partial charge in [0.25, 0.3) is 5.91 Å². The number of benzene rings is 2. The van der Waals surface area contributed by atoms with Gasteiger partial charge in [0.1, 0.15) is 18.0 Å². The molecule has 0 aliphatic heterocycles. The van der Waals surface area contributed by atoms with Crippen molar-refractivity contribution in [1.82, 2.24) is 5.43 Å². The first kappa shape index (κ1) is 26.3. The number of carbonyl (C=O) groups is 2. The van der Waals surface area contributed by atoms with Crippen LogP contribution in [0.3, 0.4) is 0 Å². The molecule has 1 amide bonds. The molecule has 0 bridgehead atoms. The lowest BCUT2D eigenvalue weighted by molar-refractivity contribution is -0.119. The van der Waals surface area contributed by atoms with Gasteiger partial charge in [0.05, 0.1) is 46.6 Å². The monoisotopic (exact) mass is 495 g/mol. The molecule has 0 spiro atoms. The van der Waals surface area contributed by atoms with Crippen molar-refractivity contribution in [3.8, 4) is 23.0 Å². The Hall–Kier alpha value is -4.00. The molecule has 0 saturated heterocycles. The number of rotatable bonds is 10. The molecule has 2 rings (SSSR count). The molecular formula is C21H25N3O9S. The van der Waals surface area contributed by atoms with Crippen LogP contribution in [-0.2, 0) is 19.6 Å². The Kier molecular flexibility index (Phi) is 9.07. The van der Waals surface area contributed by atoms with Gasteiger partial charge in [-0.15, -0.1) is 0 Å². The van der Waals surface area contributed by atoms with Gasteiger partial charge in [-0.25, -0.2) is 18.6 Å². The first-order valence-electron chi connectivity index (χ1n) is 9.58. The molecule has 2 aromatic rings. The highest BCUT2D eigenvalue weighted by Gasteiger charge is 2.24. The molecule has 0 aliphatic carbocycles. The predicted octanol–water partition coefficient (Wildman–Crippen LogP) is 1.77. The summed E-state index contributed by atoms with van der Waals surface area (Å²) in [6, 6.07) is 9.05. The number of hydrogen-bond acceptors (Lipinski definition) is 10. The Bertz CT molecular complexity index is 1170. The van der Waals surface area contributed by atoms with Gasteiger partial charge >= 0.3 is 6.16 Å². The van der Waals surface area contributed by atoms with Crippen LogP contribution >= 0.6 is 0 Å². The van der Waals surface area contributed by atoms with E-state index in [1.54, 1.807) is 12.1 Å². The third-order valence-electron chi connectivity index (χ3n) is 4.29. The SMILES string of the molecule is COC(=O)Oc1ccc(/C=N/NC(=O)CN(c2ccc(OC)cc2OC)S(C)(=O)=O)cc1OC. The van der Waals surface area contributed by atoms with E-state index >= 15 is 0 Å². The van der Waals surface area contributed by atoms with E-state index in [-0.39, 0.29) is 22.9 Å². The van der Waals surface area contributed by atoms with Crippen LogP contribution in [0.5, 0.6) is 23.0 Å². The minimum absolute atomic E-state index is 0.132. The second kappa shape index (κ2) is 11.7. The molecule has 0 heterocycles. The molecule has 0 unspecified atom stereocenters. The number of nitrogens with zero attached hydrogens (tertiary/aromatic N) is 2. The van der Waals surface area contributed by atoms with Crippen LogP contribution in [-0.4, -0.2) is 67.9 Å². The molecule has 12 nitrogen and oxygen atoms in total. The van der Waals surface area contributed by atoms with Gasteiger partial charge in [0.15, 0.2) is 11.5 Å². The van der Waals surface area contributed by atoms with Gasteiger partial charge in [-0.1, -0.05) is 0 Å². The zero-order chi connectivity index (χ0) is 25.3. The van der Waals surface area contributed by atoms with Crippen molar-refractivity contribution in [1.29, 1.82) is 0 Å². The fourth-order valence-corrected chi connectivity index (χ4v) is 3.56. The Morgan fingerprint density at radius 1 is 0.971 bits per heavy atom. The number of amides is 1. The number of nitrogens with one attached hydrogen (secondary N) is 1. The minimum atomic E-state index is -3.84. The van der Waals surface area contributed by atoms with E-state index in [9.17, 15) is 18.0 Å². The smallest absolute Gasteiger partial charge is 0.497 e. The molecular weight excluding hydrogens is 470 g/mol. The lowest BCUT2D eigenvalue weighted by Crippen LogP contribution is -2.39. The number of sulfonamides is 1. The summed E-state index contributed by atoms with van der Waals surface area (Å²) < 4.78 is 50.5. The molecule has 34 heavy (non-hydrogen) atoms. The van der Waals surface area contributed by atoms with Crippen molar-refractivity contribution in [3.63, 3.8) is 0 Å². The van der Waals surface area contributed by atoms with E-state index in [0.29, 0.717) is 11.3 Å². The van der Waals surface area contributed by atoms with Crippen LogP contribution < -0.4 is 28.7 Å². The number of hydrazone groups is 1. The molecule has 0 radical (unpaired) electrons. The topological polar surface area (TPSA) is 142 Å². The zero-order valence-corrected chi connectivity index (χ0v) is 20.0. The van der Waals surface area contributed by atoms with Crippen LogP contribution in [0.2, 0.25) is 0 Å². The second-order valence-corrected chi connectivity index (χ2v) is 8.47. The Morgan fingerprint density at radius 3 is 2.26 bits per heavy atom. The van der Waals surface area contributed by atoms with E-state index in [4.69, 9.17) is 18.9 Å². The quantitative estimate of drug-likeness (QED) is 0.226. The summed E-state index contributed by atoms with van der Waals surface area (Å²) in [5.41, 5.74) is 2.94. The minimum Gasteiger partial charge on any atom is -0.497 e. The number of ether oxygens (including phenoxy) is 5. The fraction of sp³-hybridized carbons (Fsp3) is 0.286. The maximum absolute atomic E-state index is 12.4. The third kappa shape index (κ3) is 7.00. The van der Waals surface area contributed by atoms with Gasteiger partial charge < -0.3 is 23.7 Å². The molecule has 184 valence electrons. The summed E-state index contributed by atoms with van der Waals surface area (Å²) in [5.74, 6) is 0.337. The van der Waals surface area contributed by atoms with Crippen LogP contribution in [0, 0.1) is 0 Å². The summed E-state index contributed by atoms with van der Waals surface area (Å²) in [6.45, 7) is -0.548. The molecule has 2 aromatic carbocycles. The Labute approximate surface area is 197 Å². The lowest BCUT2D eigenvalue weighted by Gasteiger charge is -2.23. The first-order valence-corrected chi connectivity index (χ1v) is 11.4. The number of methoxy groups -OCH3 is 4. The first-order chi connectivity index (χ1) is 16.1. The lowest BCUT2D eigenvalue weighted by atomic mass is 10.2. The Morgan fingerprint density at radius 2 is 1.68 bits per heavy atom. The molecule has 0 fully saturated rings. The molecule has 0 atom stereocenters. The molecule has 1 N–H and O–H groups in total. The van der Waals surface area contributed by atoms with E-state index < -0.39 is 28.6 Å². The molecule has 13 heteroatoms. The highest BCUT2D eigenvalue weighted by atomic mass is 32.2. The summed E-state index contributed by atoms with van der Waals surface area (Å²) in [5, 5.41) is 3.84. The summed E-state index contributed by atoms with van der Waals surface area (Å²) in [6.07, 6.45) is 1.37. The Balaban J connectivity index is 2.15. The predicted molar refractivity (Wildman–Crippen MR) is 123 cm³/mol. The van der Waals surface area contributed by atoms with E-state index in [2.05, 4.69) is 15.3 Å². The highest BCUT2D eigenvalue weighted by molar-refractivity contribution is 7.92. The maximum Gasteiger partial charge on any atom is 0.513 e. The van der Waals surface area contributed by atoms with E-state index in [0.717, 1.165) is 10.6 Å². The van der Waals surface area contributed by atoms with Crippen molar-refractivity contribution >= 4 is 34.0 Å². The highest BCUT2D eigenvalue weighted by Crippen LogP contribution is 2.33. The fourth-order valence-electron chi connectivity index (χ4n) is 2.70. The van der Waals surface area contributed by atoms with Gasteiger partial charge in [-0.05, 0) is 35.9 Å². The van der Waals surface area contributed by atoms with Crippen LogP contribution in [0.1, 0.15) is 5.56 Å². The van der Waals surface area contributed by atoms with Crippen molar-refractivity contribution in [2.24, 2.45) is 5.10 Å². The average Bonchev–Trinajstić information content (AvgIpc) is 2.82. The summed E-state index contributed by atoms with van der Waals surface area (Å²) in [4.78, 5) is 23.7. The zero-order valence-electron chi connectivity index (χ0n) is 19.2. The standard InChI is InChI=1S/C21H25N3O9S/c1-29-15-7-8-16(18(11-15)30-2)24(34(5,27)28)13-20(25)23-22-12-14-6-9-17(19(10-14)31-3)33-21(26)32-4/h6-12H,13H2,1-5H3,(H,23,25)/b22-12+. The summed E-state index contributed by atoms with van der Waals surface area (Å²) >= 11 is 0. The molecule has 0 saturated carbocycles. The molecule has 0 aromatic heterocycles. The van der Waals surface area contributed by atoms with Crippen molar-refractivity contribution in [2.45, 2.75) is 0 Å². The average molecular weight is 496 g/mol. The van der Waals surface area contributed by atoms with E-state index in [1.807, 2.05) is 0 Å². The van der Waals surface area contributed by atoms with Crippen LogP contribution in [0.4, 0.5) is 10.5 Å². The van der Waals surface area contributed by atoms with Crippen molar-refractivity contribution in [3.05, 3.63) is 42.0 Å². The molecule has 0 aliphatic rings. The van der Waals surface area contributed by atoms with Crippen LogP contribution in [0.15, 0.2) is 41.5 Å². The largest absolute Gasteiger partial charge is 0.513 e. The maximum atomic E-state index is 12.4. The summed E-state index contributed by atoms with van der Waals surface area (Å²) in [7, 11) is 1.56. The van der Waals surface area contributed by atoms with Crippen LogP contribution in [0.25, 0.3) is 0 Å². The van der Waals surface area contributed by atoms with Crippen molar-refractivity contribution in [2.75, 3.05) is 45.5 Å². The van der Waals surface area contributed by atoms with Crippen molar-refractivity contribution < 1.29 is 41.7 Å². The number of anilines is 1. The number of hydrogen-bond donors (Lipinski definition) is 1. The number of carbonyl (C=O) groups excluding carboxylic acids is 2. The third-order valence-corrected chi connectivity index (χ3v) is 5.42.